The van der Waals surface area contributed by atoms with Crippen LogP contribution in [0.4, 0.5) is 5.69 Å². The molecular formula is C18H26N2O4. The van der Waals surface area contributed by atoms with Gasteiger partial charge < -0.3 is 19.7 Å². The number of anilines is 1. The Morgan fingerprint density at radius 1 is 1.12 bits per heavy atom. The summed E-state index contributed by atoms with van der Waals surface area (Å²) in [5.74, 6) is 1.11. The summed E-state index contributed by atoms with van der Waals surface area (Å²) in [5.41, 5.74) is 0.635. The van der Waals surface area contributed by atoms with Crippen LogP contribution in [0.1, 0.15) is 33.6 Å². The summed E-state index contributed by atoms with van der Waals surface area (Å²) >= 11 is 0. The van der Waals surface area contributed by atoms with Crippen molar-refractivity contribution in [2.45, 2.75) is 33.6 Å². The van der Waals surface area contributed by atoms with E-state index in [0.717, 1.165) is 12.8 Å². The standard InChI is InChI=1S/C18H26N2O4/c1-4-13(5-2)18(22)20(6-3)12-17(21)19-14-7-8-15-16(11-14)24-10-9-23-15/h7-8,11,13H,4-6,9-10,12H2,1-3H3,(H,19,21). The van der Waals surface area contributed by atoms with Crippen LogP contribution < -0.4 is 14.8 Å². The Kier molecular flexibility index (Phi) is 6.46. The summed E-state index contributed by atoms with van der Waals surface area (Å²) in [7, 11) is 0. The molecule has 24 heavy (non-hydrogen) atoms. The number of ether oxygens (including phenoxy) is 2. The Morgan fingerprint density at radius 3 is 2.42 bits per heavy atom. The summed E-state index contributed by atoms with van der Waals surface area (Å²) in [5, 5.41) is 2.82. The highest BCUT2D eigenvalue weighted by atomic mass is 16.6. The second-order valence-electron chi connectivity index (χ2n) is 5.77. The molecule has 1 aliphatic rings. The van der Waals surface area contributed by atoms with Gasteiger partial charge in [0.1, 0.15) is 13.2 Å². The Bertz CT molecular complexity index is 584. The van der Waals surface area contributed by atoms with Crippen molar-refractivity contribution < 1.29 is 19.1 Å². The van der Waals surface area contributed by atoms with E-state index in [1.165, 1.54) is 0 Å². The molecule has 6 nitrogen and oxygen atoms in total. The lowest BCUT2D eigenvalue weighted by Crippen LogP contribution is -2.41. The van der Waals surface area contributed by atoms with E-state index >= 15 is 0 Å². The fraction of sp³-hybridized carbons (Fsp3) is 0.556. The van der Waals surface area contributed by atoms with Crippen LogP contribution >= 0.6 is 0 Å². The van der Waals surface area contributed by atoms with Gasteiger partial charge in [0.05, 0.1) is 6.54 Å². The molecule has 0 radical (unpaired) electrons. The molecule has 0 bridgehead atoms. The van der Waals surface area contributed by atoms with Crippen LogP contribution in [0.15, 0.2) is 18.2 Å². The van der Waals surface area contributed by atoms with Gasteiger partial charge >= 0.3 is 0 Å². The van der Waals surface area contributed by atoms with Crippen molar-refractivity contribution >= 4 is 17.5 Å². The molecule has 0 saturated heterocycles. The van der Waals surface area contributed by atoms with Crippen molar-refractivity contribution in [1.82, 2.24) is 4.90 Å². The largest absolute Gasteiger partial charge is 0.486 e. The van der Waals surface area contributed by atoms with E-state index in [1.54, 1.807) is 23.1 Å². The van der Waals surface area contributed by atoms with Gasteiger partial charge in [-0.1, -0.05) is 13.8 Å². The molecule has 0 fully saturated rings. The maximum Gasteiger partial charge on any atom is 0.243 e. The average molecular weight is 334 g/mol. The minimum atomic E-state index is -0.215. The number of amides is 2. The number of nitrogens with one attached hydrogen (secondary N) is 1. The molecule has 0 unspecified atom stereocenters. The molecule has 0 aliphatic carbocycles. The molecule has 0 aromatic heterocycles. The minimum Gasteiger partial charge on any atom is -0.486 e. The molecule has 0 atom stereocenters. The van der Waals surface area contributed by atoms with E-state index in [0.29, 0.717) is 36.9 Å². The molecule has 1 aromatic carbocycles. The first-order valence-electron chi connectivity index (χ1n) is 8.57. The van der Waals surface area contributed by atoms with Crippen LogP contribution in [-0.2, 0) is 9.59 Å². The first kappa shape index (κ1) is 18.1. The van der Waals surface area contributed by atoms with Gasteiger partial charge in [0, 0.05) is 24.2 Å². The monoisotopic (exact) mass is 334 g/mol. The van der Waals surface area contributed by atoms with Crippen LogP contribution in [0.2, 0.25) is 0 Å². The van der Waals surface area contributed by atoms with Crippen LogP contribution in [0.5, 0.6) is 11.5 Å². The van der Waals surface area contributed by atoms with E-state index < -0.39 is 0 Å². The summed E-state index contributed by atoms with van der Waals surface area (Å²) in [6, 6.07) is 5.28. The van der Waals surface area contributed by atoms with E-state index in [2.05, 4.69) is 5.32 Å². The van der Waals surface area contributed by atoms with Gasteiger partial charge in [-0.25, -0.2) is 0 Å². The van der Waals surface area contributed by atoms with Gasteiger partial charge in [-0.2, -0.15) is 0 Å². The van der Waals surface area contributed by atoms with Crippen LogP contribution in [0.25, 0.3) is 0 Å². The molecule has 0 saturated carbocycles. The normalized spacial score (nSPS) is 12.8. The Labute approximate surface area is 143 Å². The topological polar surface area (TPSA) is 67.9 Å². The highest BCUT2D eigenvalue weighted by Crippen LogP contribution is 2.32. The van der Waals surface area contributed by atoms with Crippen molar-refractivity contribution in [3.63, 3.8) is 0 Å². The van der Waals surface area contributed by atoms with Crippen molar-refractivity contribution in [1.29, 1.82) is 0 Å². The maximum atomic E-state index is 12.4. The van der Waals surface area contributed by atoms with E-state index in [4.69, 9.17) is 9.47 Å². The second kappa shape index (κ2) is 8.57. The van der Waals surface area contributed by atoms with Gasteiger partial charge in [0.15, 0.2) is 11.5 Å². The molecule has 1 aliphatic heterocycles. The van der Waals surface area contributed by atoms with Gasteiger partial charge in [-0.15, -0.1) is 0 Å². The summed E-state index contributed by atoms with van der Waals surface area (Å²) in [6.45, 7) is 7.48. The van der Waals surface area contributed by atoms with E-state index in [-0.39, 0.29) is 24.3 Å². The molecule has 6 heteroatoms. The average Bonchev–Trinajstić information content (AvgIpc) is 2.60. The van der Waals surface area contributed by atoms with Gasteiger partial charge in [-0.05, 0) is 31.9 Å². The Hall–Kier alpha value is -2.24. The first-order valence-corrected chi connectivity index (χ1v) is 8.57. The lowest BCUT2D eigenvalue weighted by atomic mass is 10.0. The molecule has 1 N–H and O–H groups in total. The second-order valence-corrected chi connectivity index (χ2v) is 5.77. The Morgan fingerprint density at radius 2 is 1.79 bits per heavy atom. The van der Waals surface area contributed by atoms with Crippen molar-refractivity contribution in [3.8, 4) is 11.5 Å². The summed E-state index contributed by atoms with van der Waals surface area (Å²) < 4.78 is 11.0. The maximum absolute atomic E-state index is 12.4. The third-order valence-electron chi connectivity index (χ3n) is 4.19. The fourth-order valence-electron chi connectivity index (χ4n) is 2.74. The molecule has 2 rings (SSSR count). The SMILES string of the molecule is CCC(CC)C(=O)N(CC)CC(=O)Nc1ccc2c(c1)OCCO2. The minimum absolute atomic E-state index is 0.0213. The quantitative estimate of drug-likeness (QED) is 0.832. The van der Waals surface area contributed by atoms with E-state index in [1.807, 2.05) is 20.8 Å². The zero-order valence-corrected chi connectivity index (χ0v) is 14.6. The third kappa shape index (κ3) is 4.40. The molecular weight excluding hydrogens is 308 g/mol. The first-order chi connectivity index (χ1) is 11.6. The highest BCUT2D eigenvalue weighted by molar-refractivity contribution is 5.95. The zero-order valence-electron chi connectivity index (χ0n) is 14.6. The van der Waals surface area contributed by atoms with Crippen LogP contribution in [0, 0.1) is 5.92 Å². The zero-order chi connectivity index (χ0) is 17.5. The molecule has 1 aromatic rings. The number of hydrogen-bond acceptors (Lipinski definition) is 4. The van der Waals surface area contributed by atoms with Gasteiger partial charge in [-0.3, -0.25) is 9.59 Å². The number of hydrogen-bond donors (Lipinski definition) is 1. The predicted molar refractivity (Wildman–Crippen MR) is 92.4 cm³/mol. The number of nitrogens with zero attached hydrogens (tertiary/aromatic N) is 1. The third-order valence-corrected chi connectivity index (χ3v) is 4.19. The number of carbonyl (C=O) groups is 2. The van der Waals surface area contributed by atoms with Gasteiger partial charge in [0.2, 0.25) is 11.8 Å². The summed E-state index contributed by atoms with van der Waals surface area (Å²) in [6.07, 6.45) is 1.57. The fourth-order valence-corrected chi connectivity index (χ4v) is 2.74. The predicted octanol–water partition coefficient (Wildman–Crippen LogP) is 2.68. The molecule has 0 spiro atoms. The van der Waals surface area contributed by atoms with Crippen molar-refractivity contribution in [2.75, 3.05) is 31.6 Å². The van der Waals surface area contributed by atoms with Crippen LogP contribution in [-0.4, -0.2) is 43.0 Å². The lowest BCUT2D eigenvalue weighted by molar-refractivity contribution is -0.138. The smallest absolute Gasteiger partial charge is 0.243 e. The highest BCUT2D eigenvalue weighted by Gasteiger charge is 2.22. The molecule has 1 heterocycles. The Balaban J connectivity index is 1.97. The van der Waals surface area contributed by atoms with Crippen molar-refractivity contribution in [2.24, 2.45) is 5.92 Å². The van der Waals surface area contributed by atoms with Crippen molar-refractivity contribution in [3.05, 3.63) is 18.2 Å². The lowest BCUT2D eigenvalue weighted by Gasteiger charge is -2.25. The number of likely N-dealkylation sites (N-methyl/N-ethyl adjacent to an activating group) is 1. The number of benzene rings is 1. The molecule has 2 amide bonds. The number of fused-ring (bicyclic) bond motifs is 1. The van der Waals surface area contributed by atoms with Crippen LogP contribution in [0.3, 0.4) is 0 Å². The van der Waals surface area contributed by atoms with E-state index in [9.17, 15) is 9.59 Å². The number of rotatable bonds is 7. The number of carbonyl (C=O) groups excluding carboxylic acids is 2. The van der Waals surface area contributed by atoms with Gasteiger partial charge in [0.25, 0.3) is 0 Å². The molecule has 132 valence electrons. The summed E-state index contributed by atoms with van der Waals surface area (Å²) in [4.78, 5) is 26.3.